The Morgan fingerprint density at radius 1 is 0.667 bits per heavy atom. The van der Waals surface area contributed by atoms with E-state index in [2.05, 4.69) is 90.1 Å². The molecule has 0 bridgehead atoms. The molecule has 0 N–H and O–H groups in total. The van der Waals surface area contributed by atoms with Gasteiger partial charge in [-0.25, -0.2) is 0 Å². The van der Waals surface area contributed by atoms with E-state index in [0.29, 0.717) is 0 Å². The monoisotopic (exact) mass is 324 g/mol. The second kappa shape index (κ2) is 6.02. The third-order valence-electron chi connectivity index (χ3n) is 4.09. The zero-order chi connectivity index (χ0) is 17.5. The summed E-state index contributed by atoms with van der Waals surface area (Å²) in [5.74, 6) is 0.0934. The van der Waals surface area contributed by atoms with E-state index in [4.69, 9.17) is 9.47 Å². The predicted molar refractivity (Wildman–Crippen MR) is 99.2 cm³/mol. The molecular weight excluding hydrogens is 296 g/mol. The van der Waals surface area contributed by atoms with Crippen molar-refractivity contribution in [2.45, 2.75) is 65.0 Å². The standard InChI is InChI=1S/C22H28O2/c1-21(2,3)23-20(24-22(4,5)6)19-17-13-9-7-11-15(17)16-12-8-10-14-18(16)19/h7-14,19-20H,1-6H3. The Bertz CT molecular complexity index is 658. The van der Waals surface area contributed by atoms with Gasteiger partial charge in [0.1, 0.15) is 0 Å². The molecule has 0 aromatic heterocycles. The highest BCUT2D eigenvalue weighted by Crippen LogP contribution is 2.48. The van der Waals surface area contributed by atoms with Crippen LogP contribution in [0.2, 0.25) is 0 Å². The average molecular weight is 324 g/mol. The van der Waals surface area contributed by atoms with Crippen molar-refractivity contribution in [3.05, 3.63) is 59.7 Å². The van der Waals surface area contributed by atoms with Gasteiger partial charge in [0, 0.05) is 0 Å². The fourth-order valence-corrected chi connectivity index (χ4v) is 3.34. The summed E-state index contributed by atoms with van der Waals surface area (Å²) in [6, 6.07) is 17.2. The van der Waals surface area contributed by atoms with Crippen LogP contribution in [-0.2, 0) is 9.47 Å². The maximum Gasteiger partial charge on any atom is 0.169 e. The van der Waals surface area contributed by atoms with Crippen LogP contribution in [0, 0.1) is 0 Å². The van der Waals surface area contributed by atoms with Crippen molar-refractivity contribution in [3.8, 4) is 11.1 Å². The summed E-state index contributed by atoms with van der Waals surface area (Å²) in [6.45, 7) is 12.5. The molecule has 2 aromatic rings. The summed E-state index contributed by atoms with van der Waals surface area (Å²) in [5.41, 5.74) is 4.61. The zero-order valence-electron chi connectivity index (χ0n) is 15.6. The fourth-order valence-electron chi connectivity index (χ4n) is 3.34. The Kier molecular flexibility index (Phi) is 4.31. The molecule has 0 radical (unpaired) electrons. The van der Waals surface area contributed by atoms with E-state index in [1.807, 2.05) is 0 Å². The number of ether oxygens (including phenoxy) is 2. The van der Waals surface area contributed by atoms with E-state index < -0.39 is 0 Å². The quantitative estimate of drug-likeness (QED) is 0.669. The molecule has 128 valence electrons. The van der Waals surface area contributed by atoms with Crippen LogP contribution in [0.15, 0.2) is 48.5 Å². The molecule has 0 unspecified atom stereocenters. The molecule has 0 spiro atoms. The van der Waals surface area contributed by atoms with Crippen molar-refractivity contribution in [2.24, 2.45) is 0 Å². The van der Waals surface area contributed by atoms with Crippen LogP contribution >= 0.6 is 0 Å². The van der Waals surface area contributed by atoms with Crippen LogP contribution in [0.25, 0.3) is 11.1 Å². The third-order valence-corrected chi connectivity index (χ3v) is 4.09. The molecule has 0 amide bonds. The molecule has 2 heteroatoms. The molecular formula is C22H28O2. The summed E-state index contributed by atoms with van der Waals surface area (Å²) in [5, 5.41) is 0. The first-order chi connectivity index (χ1) is 11.2. The lowest BCUT2D eigenvalue weighted by atomic mass is 9.95. The smallest absolute Gasteiger partial charge is 0.169 e. The first-order valence-corrected chi connectivity index (χ1v) is 8.70. The number of hydrogen-bond acceptors (Lipinski definition) is 2. The molecule has 2 nitrogen and oxygen atoms in total. The lowest BCUT2D eigenvalue weighted by molar-refractivity contribution is -0.238. The van der Waals surface area contributed by atoms with Crippen molar-refractivity contribution < 1.29 is 9.47 Å². The van der Waals surface area contributed by atoms with E-state index in [-0.39, 0.29) is 23.4 Å². The number of benzene rings is 2. The van der Waals surface area contributed by atoms with Gasteiger partial charge in [-0.05, 0) is 63.8 Å². The lowest BCUT2D eigenvalue weighted by Crippen LogP contribution is -2.38. The fraction of sp³-hybridized carbons (Fsp3) is 0.455. The molecule has 24 heavy (non-hydrogen) atoms. The summed E-state index contributed by atoms with van der Waals surface area (Å²) < 4.78 is 12.8. The van der Waals surface area contributed by atoms with Crippen molar-refractivity contribution >= 4 is 0 Å². The summed E-state index contributed by atoms with van der Waals surface area (Å²) in [4.78, 5) is 0. The minimum Gasteiger partial charge on any atom is -0.346 e. The third kappa shape index (κ3) is 3.55. The van der Waals surface area contributed by atoms with Crippen LogP contribution in [-0.4, -0.2) is 17.5 Å². The van der Waals surface area contributed by atoms with E-state index in [9.17, 15) is 0 Å². The van der Waals surface area contributed by atoms with Gasteiger partial charge >= 0.3 is 0 Å². The molecule has 2 aromatic carbocycles. The van der Waals surface area contributed by atoms with E-state index in [1.165, 1.54) is 22.3 Å². The molecule has 3 rings (SSSR count). The molecule has 0 heterocycles. The zero-order valence-corrected chi connectivity index (χ0v) is 15.6. The lowest BCUT2D eigenvalue weighted by Gasteiger charge is -2.36. The Balaban J connectivity index is 2.09. The van der Waals surface area contributed by atoms with Gasteiger partial charge in [-0.3, -0.25) is 0 Å². The first-order valence-electron chi connectivity index (χ1n) is 8.70. The minimum atomic E-state index is -0.324. The van der Waals surface area contributed by atoms with Crippen molar-refractivity contribution in [1.82, 2.24) is 0 Å². The van der Waals surface area contributed by atoms with Crippen LogP contribution in [0.1, 0.15) is 58.6 Å². The van der Waals surface area contributed by atoms with Gasteiger partial charge in [-0.2, -0.15) is 0 Å². The molecule has 1 aliphatic rings. The second-order valence-electron chi connectivity index (χ2n) is 8.48. The van der Waals surface area contributed by atoms with Gasteiger partial charge < -0.3 is 9.47 Å². The average Bonchev–Trinajstić information content (AvgIpc) is 2.78. The molecule has 0 saturated carbocycles. The predicted octanol–water partition coefficient (Wildman–Crippen LogP) is 5.76. The van der Waals surface area contributed by atoms with Gasteiger partial charge in [0.25, 0.3) is 0 Å². The number of fused-ring (bicyclic) bond motifs is 3. The maximum absolute atomic E-state index is 6.39. The first kappa shape index (κ1) is 17.2. The highest BCUT2D eigenvalue weighted by Gasteiger charge is 2.39. The molecule has 1 aliphatic carbocycles. The Labute approximate surface area is 145 Å². The summed E-state index contributed by atoms with van der Waals surface area (Å²) >= 11 is 0. The van der Waals surface area contributed by atoms with E-state index in [0.717, 1.165) is 0 Å². The molecule has 0 aliphatic heterocycles. The Morgan fingerprint density at radius 2 is 1.04 bits per heavy atom. The topological polar surface area (TPSA) is 18.5 Å². The van der Waals surface area contributed by atoms with Crippen LogP contribution in [0.4, 0.5) is 0 Å². The second-order valence-corrected chi connectivity index (χ2v) is 8.48. The van der Waals surface area contributed by atoms with Crippen molar-refractivity contribution in [3.63, 3.8) is 0 Å². The Morgan fingerprint density at radius 3 is 1.42 bits per heavy atom. The van der Waals surface area contributed by atoms with Gasteiger partial charge in [-0.15, -0.1) is 0 Å². The van der Waals surface area contributed by atoms with Crippen molar-refractivity contribution in [2.75, 3.05) is 0 Å². The Hall–Kier alpha value is -1.64. The largest absolute Gasteiger partial charge is 0.346 e. The summed E-state index contributed by atoms with van der Waals surface area (Å²) in [7, 11) is 0. The van der Waals surface area contributed by atoms with Crippen molar-refractivity contribution in [1.29, 1.82) is 0 Å². The normalized spacial score (nSPS) is 14.8. The van der Waals surface area contributed by atoms with Crippen LogP contribution in [0.3, 0.4) is 0 Å². The van der Waals surface area contributed by atoms with Crippen LogP contribution in [0.5, 0.6) is 0 Å². The highest BCUT2D eigenvalue weighted by molar-refractivity contribution is 5.78. The van der Waals surface area contributed by atoms with Gasteiger partial charge in [0.15, 0.2) is 6.29 Å². The number of hydrogen-bond donors (Lipinski definition) is 0. The number of rotatable bonds is 3. The SMILES string of the molecule is CC(C)(C)OC(OC(C)(C)C)C1c2ccccc2-c2ccccc21. The van der Waals surface area contributed by atoms with E-state index >= 15 is 0 Å². The highest BCUT2D eigenvalue weighted by atomic mass is 16.7. The van der Waals surface area contributed by atoms with Crippen LogP contribution < -0.4 is 0 Å². The summed E-state index contributed by atoms with van der Waals surface area (Å²) in [6.07, 6.45) is -0.324. The molecule has 0 atom stereocenters. The van der Waals surface area contributed by atoms with Gasteiger partial charge in [0.05, 0.1) is 17.1 Å². The van der Waals surface area contributed by atoms with E-state index in [1.54, 1.807) is 0 Å². The molecule has 0 saturated heterocycles. The minimum absolute atomic E-state index is 0.0934. The van der Waals surface area contributed by atoms with Gasteiger partial charge in [0.2, 0.25) is 0 Å². The maximum atomic E-state index is 6.39. The van der Waals surface area contributed by atoms with Gasteiger partial charge in [-0.1, -0.05) is 48.5 Å². The molecule has 0 fully saturated rings.